The predicted molar refractivity (Wildman–Crippen MR) is 131 cm³/mol. The fourth-order valence-electron chi connectivity index (χ4n) is 3.97. The molecular weight excluding hydrogens is 410 g/mol. The molecule has 1 aliphatic rings. The summed E-state index contributed by atoms with van der Waals surface area (Å²) in [5.41, 5.74) is 3.40. The number of halogens is 1. The van der Waals surface area contributed by atoms with Gasteiger partial charge in [0.2, 0.25) is 0 Å². The average Bonchev–Trinajstić information content (AvgIpc) is 3.24. The molecule has 1 heterocycles. The fourth-order valence-corrected chi connectivity index (χ4v) is 4.11. The zero-order valence-corrected chi connectivity index (χ0v) is 20.3. The molecule has 1 saturated heterocycles. The van der Waals surface area contributed by atoms with Crippen molar-refractivity contribution in [3.8, 4) is 5.75 Å². The van der Waals surface area contributed by atoms with Gasteiger partial charge < -0.3 is 15.2 Å². The van der Waals surface area contributed by atoms with Gasteiger partial charge in [-0.1, -0.05) is 42.0 Å². The Balaban J connectivity index is 2.18. The first kappa shape index (κ1) is 25.6. The molecule has 5 nitrogen and oxygen atoms in total. The van der Waals surface area contributed by atoms with E-state index in [9.17, 15) is 0 Å². The van der Waals surface area contributed by atoms with E-state index < -0.39 is 0 Å². The standard InChI is InChI=1S/C25H38ClN3O2/c1-6-7-19(2)25(26)20(3)12-14-28(5)24(17-29-15-13-22(16-29)27-4)21-8-10-23(11-9-21)31-18-30/h6-12,22,24,27,30H,13-18H2,1-5H3/b7-6-,20-12?,25-19+. The van der Waals surface area contributed by atoms with Crippen LogP contribution < -0.4 is 10.1 Å². The molecule has 6 heteroatoms. The number of aliphatic hydroxyl groups is 1. The average molecular weight is 448 g/mol. The number of likely N-dealkylation sites (tertiary alicyclic amines) is 1. The SMILES string of the molecule is C/C=C\C(C)=C(\Cl)C(C)=CCN(C)C(CN1CCC(NC)C1)c1ccc(OCO)cc1. The van der Waals surface area contributed by atoms with Crippen molar-refractivity contribution in [2.45, 2.75) is 39.3 Å². The molecule has 0 aromatic heterocycles. The van der Waals surface area contributed by atoms with E-state index >= 15 is 0 Å². The quantitative estimate of drug-likeness (QED) is 0.391. The molecule has 1 fully saturated rings. The highest BCUT2D eigenvalue weighted by Gasteiger charge is 2.26. The molecule has 2 N–H and O–H groups in total. The molecular formula is C25H38ClN3O2. The molecule has 1 aromatic rings. The van der Waals surface area contributed by atoms with Crippen LogP contribution in [0.25, 0.3) is 0 Å². The lowest BCUT2D eigenvalue weighted by Crippen LogP contribution is -2.37. The van der Waals surface area contributed by atoms with Crippen LogP contribution in [-0.2, 0) is 0 Å². The van der Waals surface area contributed by atoms with Crippen molar-refractivity contribution in [1.29, 1.82) is 0 Å². The van der Waals surface area contributed by atoms with E-state index in [2.05, 4.69) is 47.3 Å². The molecule has 2 rings (SSSR count). The lowest BCUT2D eigenvalue weighted by molar-refractivity contribution is 0.0984. The number of aliphatic hydroxyl groups excluding tert-OH is 1. The lowest BCUT2D eigenvalue weighted by Gasteiger charge is -2.32. The summed E-state index contributed by atoms with van der Waals surface area (Å²) in [4.78, 5) is 4.90. The van der Waals surface area contributed by atoms with Gasteiger partial charge in [-0.25, -0.2) is 0 Å². The molecule has 2 unspecified atom stereocenters. The monoisotopic (exact) mass is 447 g/mol. The largest absolute Gasteiger partial charge is 0.468 e. The summed E-state index contributed by atoms with van der Waals surface area (Å²) in [6.45, 7) is 9.72. The Morgan fingerprint density at radius 2 is 2.06 bits per heavy atom. The van der Waals surface area contributed by atoms with Gasteiger partial charge in [-0.3, -0.25) is 9.80 Å². The summed E-state index contributed by atoms with van der Waals surface area (Å²) in [5.74, 6) is 0.677. The molecule has 0 bridgehead atoms. The van der Waals surface area contributed by atoms with Crippen LogP contribution in [-0.4, -0.2) is 68.0 Å². The van der Waals surface area contributed by atoms with Crippen LogP contribution in [0.5, 0.6) is 5.75 Å². The van der Waals surface area contributed by atoms with E-state index in [-0.39, 0.29) is 12.8 Å². The molecule has 2 atom stereocenters. The minimum Gasteiger partial charge on any atom is -0.468 e. The topological polar surface area (TPSA) is 48.0 Å². The molecule has 0 amide bonds. The third-order valence-corrected chi connectivity index (χ3v) is 6.53. The zero-order chi connectivity index (χ0) is 22.8. The van der Waals surface area contributed by atoms with Crippen molar-refractivity contribution < 1.29 is 9.84 Å². The summed E-state index contributed by atoms with van der Waals surface area (Å²) in [5, 5.41) is 13.2. The van der Waals surface area contributed by atoms with Crippen molar-refractivity contribution in [3.63, 3.8) is 0 Å². The lowest BCUT2D eigenvalue weighted by atomic mass is 10.0. The Morgan fingerprint density at radius 1 is 1.35 bits per heavy atom. The van der Waals surface area contributed by atoms with Crippen LogP contribution in [0, 0.1) is 0 Å². The summed E-state index contributed by atoms with van der Waals surface area (Å²) >= 11 is 6.55. The molecule has 0 saturated carbocycles. The molecule has 1 aromatic carbocycles. The number of hydrogen-bond acceptors (Lipinski definition) is 5. The number of hydrogen-bond donors (Lipinski definition) is 2. The maximum absolute atomic E-state index is 9.00. The second-order valence-corrected chi connectivity index (χ2v) is 8.59. The van der Waals surface area contributed by atoms with Gasteiger partial charge in [-0.2, -0.15) is 0 Å². The van der Waals surface area contributed by atoms with Crippen molar-refractivity contribution in [2.75, 3.05) is 47.1 Å². The zero-order valence-electron chi connectivity index (χ0n) is 19.6. The predicted octanol–water partition coefficient (Wildman–Crippen LogP) is 4.32. The van der Waals surface area contributed by atoms with Crippen molar-refractivity contribution >= 4 is 11.6 Å². The summed E-state index contributed by atoms with van der Waals surface area (Å²) in [6, 6.07) is 8.84. The Kier molecular flexibility index (Phi) is 10.8. The normalized spacial score (nSPS) is 19.9. The first-order chi connectivity index (χ1) is 14.9. The highest BCUT2D eigenvalue weighted by Crippen LogP contribution is 2.26. The Morgan fingerprint density at radius 3 is 2.65 bits per heavy atom. The first-order valence-corrected chi connectivity index (χ1v) is 11.4. The van der Waals surface area contributed by atoms with E-state index in [1.807, 2.05) is 45.2 Å². The summed E-state index contributed by atoms with van der Waals surface area (Å²) in [7, 11) is 4.20. The van der Waals surface area contributed by atoms with Gasteiger partial charge in [-0.05, 0) is 76.7 Å². The van der Waals surface area contributed by atoms with E-state index in [4.69, 9.17) is 21.4 Å². The van der Waals surface area contributed by atoms with Gasteiger partial charge in [0.1, 0.15) is 5.75 Å². The van der Waals surface area contributed by atoms with E-state index in [1.165, 1.54) is 12.0 Å². The second kappa shape index (κ2) is 13.0. The highest BCUT2D eigenvalue weighted by molar-refractivity contribution is 6.32. The Hall–Kier alpha value is -1.63. The third-order valence-electron chi connectivity index (χ3n) is 5.93. The maximum atomic E-state index is 9.00. The van der Waals surface area contributed by atoms with Gasteiger partial charge in [0.05, 0.1) is 0 Å². The van der Waals surface area contributed by atoms with Crippen LogP contribution in [0.3, 0.4) is 0 Å². The van der Waals surface area contributed by atoms with Crippen LogP contribution >= 0.6 is 11.6 Å². The Labute approximate surface area is 193 Å². The van der Waals surface area contributed by atoms with Gasteiger partial charge in [0.15, 0.2) is 6.79 Å². The van der Waals surface area contributed by atoms with E-state index in [0.29, 0.717) is 11.8 Å². The minimum atomic E-state index is -0.313. The van der Waals surface area contributed by atoms with Gasteiger partial charge in [0, 0.05) is 36.8 Å². The smallest absolute Gasteiger partial charge is 0.186 e. The van der Waals surface area contributed by atoms with Gasteiger partial charge in [-0.15, -0.1) is 0 Å². The van der Waals surface area contributed by atoms with Gasteiger partial charge in [0.25, 0.3) is 0 Å². The van der Waals surface area contributed by atoms with Crippen LogP contribution in [0.4, 0.5) is 0 Å². The first-order valence-electron chi connectivity index (χ1n) is 11.0. The summed E-state index contributed by atoms with van der Waals surface area (Å²) < 4.78 is 5.20. The van der Waals surface area contributed by atoms with Crippen LogP contribution in [0.15, 0.2) is 58.7 Å². The van der Waals surface area contributed by atoms with Crippen molar-refractivity contribution in [3.05, 3.63) is 64.2 Å². The van der Waals surface area contributed by atoms with Crippen LogP contribution in [0.2, 0.25) is 0 Å². The molecule has 0 radical (unpaired) electrons. The molecule has 0 spiro atoms. The highest BCUT2D eigenvalue weighted by atomic mass is 35.5. The number of benzene rings is 1. The molecule has 0 aliphatic carbocycles. The van der Waals surface area contributed by atoms with Crippen molar-refractivity contribution in [1.82, 2.24) is 15.1 Å². The molecule has 1 aliphatic heterocycles. The number of ether oxygens (including phenoxy) is 1. The number of rotatable bonds is 11. The number of likely N-dealkylation sites (N-methyl/N-ethyl adjacent to an activating group) is 2. The minimum absolute atomic E-state index is 0.238. The van der Waals surface area contributed by atoms with E-state index in [1.54, 1.807) is 0 Å². The molecule has 172 valence electrons. The molecule has 31 heavy (non-hydrogen) atoms. The third kappa shape index (κ3) is 7.78. The second-order valence-electron chi connectivity index (χ2n) is 8.22. The fraction of sp³-hybridized carbons (Fsp3) is 0.520. The van der Waals surface area contributed by atoms with E-state index in [0.717, 1.165) is 42.4 Å². The van der Waals surface area contributed by atoms with Crippen molar-refractivity contribution in [2.24, 2.45) is 0 Å². The summed E-state index contributed by atoms with van der Waals surface area (Å²) in [6.07, 6.45) is 7.42. The number of nitrogens with zero attached hydrogens (tertiary/aromatic N) is 2. The number of nitrogens with one attached hydrogen (secondary N) is 1. The van der Waals surface area contributed by atoms with Crippen LogP contribution in [0.1, 0.15) is 38.8 Å². The Bertz CT molecular complexity index is 773. The maximum Gasteiger partial charge on any atom is 0.186 e. The number of allylic oxidation sites excluding steroid dienone is 5. The van der Waals surface area contributed by atoms with Gasteiger partial charge >= 0.3 is 0 Å².